The number of ether oxygens (including phenoxy) is 1. The first kappa shape index (κ1) is 19.2. The molecule has 2 aliphatic heterocycles. The number of carbonyl (C=O) groups is 2. The van der Waals surface area contributed by atoms with Gasteiger partial charge < -0.3 is 19.5 Å². The number of esters is 1. The Morgan fingerprint density at radius 1 is 1.30 bits per heavy atom. The normalized spacial score (nSPS) is 19.2. The summed E-state index contributed by atoms with van der Waals surface area (Å²) in [5, 5.41) is 21.3. The van der Waals surface area contributed by atoms with E-state index in [-0.39, 0.29) is 36.3 Å². The second kappa shape index (κ2) is 6.35. The van der Waals surface area contributed by atoms with Crippen molar-refractivity contribution < 1.29 is 24.5 Å². The molecule has 0 amide bonds. The molecule has 0 aliphatic carbocycles. The van der Waals surface area contributed by atoms with Crippen molar-refractivity contribution in [2.75, 3.05) is 0 Å². The molecule has 152 valence electrons. The number of cyclic esters (lactones) is 1. The maximum absolute atomic E-state index is 13.2. The van der Waals surface area contributed by atoms with Crippen LogP contribution in [-0.4, -0.2) is 31.7 Å². The van der Waals surface area contributed by atoms with Gasteiger partial charge in [-0.3, -0.25) is 4.79 Å². The number of aromatic nitrogens is 2. The Bertz CT molecular complexity index is 1360. The van der Waals surface area contributed by atoms with E-state index in [1.807, 2.05) is 6.07 Å². The third-order valence-electron chi connectivity index (χ3n) is 5.86. The Morgan fingerprint density at radius 3 is 2.77 bits per heavy atom. The minimum Gasteiger partial charge on any atom is -0.478 e. The lowest BCUT2D eigenvalue weighted by molar-refractivity contribution is -0.172. The molecule has 1 atom stereocenters. The molecule has 1 aromatic carbocycles. The number of carboxylic acids is 1. The minimum atomic E-state index is -1.92. The summed E-state index contributed by atoms with van der Waals surface area (Å²) in [4.78, 5) is 42.2. The number of hydrogen-bond donors (Lipinski definition) is 2. The van der Waals surface area contributed by atoms with Gasteiger partial charge in [0.15, 0.2) is 5.60 Å². The third-order valence-corrected chi connectivity index (χ3v) is 6.53. The van der Waals surface area contributed by atoms with Crippen molar-refractivity contribution in [1.29, 1.82) is 0 Å². The quantitative estimate of drug-likeness (QED) is 0.309. The first-order valence-electron chi connectivity index (χ1n) is 9.29. The maximum Gasteiger partial charge on any atom is 0.343 e. The summed E-state index contributed by atoms with van der Waals surface area (Å²) in [7, 11) is 0. The summed E-state index contributed by atoms with van der Waals surface area (Å²) >= 11 is 2.11. The Labute approximate surface area is 183 Å². The molecule has 2 aromatic heterocycles. The van der Waals surface area contributed by atoms with E-state index >= 15 is 0 Å². The molecule has 2 N–H and O–H groups in total. The lowest BCUT2D eigenvalue weighted by Crippen LogP contribution is -2.44. The van der Waals surface area contributed by atoms with Crippen molar-refractivity contribution in [3.63, 3.8) is 0 Å². The van der Waals surface area contributed by atoms with Crippen LogP contribution in [0.5, 0.6) is 0 Å². The Hall–Kier alpha value is -2.79. The number of carbonyl (C=O) groups excluding carboxylic acids is 1. The molecule has 0 bridgehead atoms. The highest BCUT2D eigenvalue weighted by Gasteiger charge is 2.45. The molecule has 0 fully saturated rings. The minimum absolute atomic E-state index is 0.0402. The third kappa shape index (κ3) is 2.42. The van der Waals surface area contributed by atoms with E-state index in [4.69, 9.17) is 4.74 Å². The van der Waals surface area contributed by atoms with Crippen molar-refractivity contribution in [1.82, 2.24) is 9.55 Å². The average molecular weight is 518 g/mol. The van der Waals surface area contributed by atoms with Gasteiger partial charge in [0.05, 0.1) is 34.6 Å². The summed E-state index contributed by atoms with van der Waals surface area (Å²) in [6, 6.07) is 6.90. The van der Waals surface area contributed by atoms with E-state index in [0.29, 0.717) is 27.9 Å². The van der Waals surface area contributed by atoms with Gasteiger partial charge >= 0.3 is 11.9 Å². The first-order chi connectivity index (χ1) is 14.3. The topological polar surface area (TPSA) is 119 Å². The molecule has 8 nitrogen and oxygen atoms in total. The average Bonchev–Trinajstić information content (AvgIpc) is 3.07. The number of aromatic carboxylic acids is 1. The lowest BCUT2D eigenvalue weighted by atomic mass is 9.86. The highest BCUT2D eigenvalue weighted by atomic mass is 127. The number of aliphatic hydroxyl groups is 1. The van der Waals surface area contributed by atoms with Gasteiger partial charge in [-0.1, -0.05) is 6.92 Å². The van der Waals surface area contributed by atoms with Crippen molar-refractivity contribution >= 4 is 45.4 Å². The fourth-order valence-electron chi connectivity index (χ4n) is 4.30. The Kier molecular flexibility index (Phi) is 4.06. The number of halogens is 1. The smallest absolute Gasteiger partial charge is 0.343 e. The van der Waals surface area contributed by atoms with E-state index in [1.54, 1.807) is 25.1 Å². The summed E-state index contributed by atoms with van der Waals surface area (Å²) in [6.45, 7) is 1.45. The van der Waals surface area contributed by atoms with Crippen molar-refractivity contribution in [3.05, 3.63) is 60.4 Å². The molecule has 1 unspecified atom stereocenters. The zero-order chi connectivity index (χ0) is 21.4. The monoisotopic (exact) mass is 518 g/mol. The summed E-state index contributed by atoms with van der Waals surface area (Å²) in [5.41, 5.74) is -0.148. The molecule has 0 saturated heterocycles. The molecule has 0 radical (unpaired) electrons. The fraction of sp³-hybridized carbons (Fsp3) is 0.238. The van der Waals surface area contributed by atoms with E-state index < -0.39 is 23.1 Å². The standard InChI is InChI=1S/C21H15IN2O6/c1-2-21(29)13-6-15-17-11(7-24(15)18(25)12(13)8-30-20(21)28)16(19(26)27)10-5-9(22)3-4-14(10)23-17/h3-6,29H,2,7-8H2,1H3,(H,26,27). The zero-order valence-electron chi connectivity index (χ0n) is 15.7. The van der Waals surface area contributed by atoms with Crippen LogP contribution in [0.1, 0.15) is 40.4 Å². The Balaban J connectivity index is 1.86. The van der Waals surface area contributed by atoms with Gasteiger partial charge in [-0.15, -0.1) is 0 Å². The number of carboxylic acid groups (broad SMARTS) is 1. The number of pyridine rings is 2. The van der Waals surface area contributed by atoms with Crippen LogP contribution in [0.2, 0.25) is 0 Å². The van der Waals surface area contributed by atoms with Crippen LogP contribution in [0.3, 0.4) is 0 Å². The predicted octanol–water partition coefficient (Wildman–Crippen LogP) is 2.38. The second-order valence-electron chi connectivity index (χ2n) is 7.38. The van der Waals surface area contributed by atoms with Gasteiger partial charge in [-0.25, -0.2) is 14.6 Å². The molecule has 9 heteroatoms. The van der Waals surface area contributed by atoms with Crippen LogP contribution < -0.4 is 5.56 Å². The van der Waals surface area contributed by atoms with Crippen molar-refractivity contribution in [2.24, 2.45) is 0 Å². The highest BCUT2D eigenvalue weighted by Crippen LogP contribution is 2.40. The number of fused-ring (bicyclic) bond motifs is 5. The van der Waals surface area contributed by atoms with Crippen LogP contribution in [0.15, 0.2) is 29.1 Å². The molecule has 4 heterocycles. The molecule has 0 spiro atoms. The van der Waals surface area contributed by atoms with E-state index in [0.717, 1.165) is 3.57 Å². The van der Waals surface area contributed by atoms with E-state index in [9.17, 15) is 24.6 Å². The Morgan fingerprint density at radius 2 is 2.07 bits per heavy atom. The number of rotatable bonds is 2. The van der Waals surface area contributed by atoms with Gasteiger partial charge in [-0.05, 0) is 53.3 Å². The molecule has 0 saturated carbocycles. The molecular weight excluding hydrogens is 503 g/mol. The van der Waals surface area contributed by atoms with Gasteiger partial charge in [0.2, 0.25) is 0 Å². The SMILES string of the molecule is CCC1(O)C(=O)OCc2c1cc1n(c2=O)Cc2c-1nc1ccc(I)cc1c2C(=O)O. The van der Waals surface area contributed by atoms with Crippen molar-refractivity contribution in [3.8, 4) is 11.4 Å². The maximum atomic E-state index is 13.2. The molecule has 5 rings (SSSR count). The van der Waals surface area contributed by atoms with E-state index in [2.05, 4.69) is 27.6 Å². The summed E-state index contributed by atoms with van der Waals surface area (Å²) in [5.74, 6) is -1.90. The van der Waals surface area contributed by atoms with Crippen LogP contribution in [0, 0.1) is 3.57 Å². The molecular formula is C21H15IN2O6. The first-order valence-corrected chi connectivity index (χ1v) is 10.4. The van der Waals surface area contributed by atoms with E-state index in [1.165, 1.54) is 4.57 Å². The molecule has 3 aromatic rings. The zero-order valence-corrected chi connectivity index (χ0v) is 17.9. The highest BCUT2D eigenvalue weighted by molar-refractivity contribution is 14.1. The lowest BCUT2D eigenvalue weighted by Gasteiger charge is -2.31. The van der Waals surface area contributed by atoms with Crippen LogP contribution in [-0.2, 0) is 28.3 Å². The van der Waals surface area contributed by atoms with Crippen molar-refractivity contribution in [2.45, 2.75) is 32.1 Å². The van der Waals surface area contributed by atoms with Crippen LogP contribution in [0.25, 0.3) is 22.3 Å². The fourth-order valence-corrected chi connectivity index (χ4v) is 4.79. The summed E-state index contributed by atoms with van der Waals surface area (Å²) in [6.07, 6.45) is 0.0402. The number of hydrogen-bond acceptors (Lipinski definition) is 6. The van der Waals surface area contributed by atoms with Gasteiger partial charge in [0, 0.05) is 20.1 Å². The number of nitrogens with zero attached hydrogens (tertiary/aromatic N) is 2. The second-order valence-corrected chi connectivity index (χ2v) is 8.63. The number of benzene rings is 1. The molecule has 30 heavy (non-hydrogen) atoms. The largest absolute Gasteiger partial charge is 0.478 e. The van der Waals surface area contributed by atoms with Crippen LogP contribution >= 0.6 is 22.6 Å². The summed E-state index contributed by atoms with van der Waals surface area (Å²) < 4.78 is 7.36. The van der Waals surface area contributed by atoms with Crippen LogP contribution in [0.4, 0.5) is 0 Å². The molecule has 2 aliphatic rings. The van der Waals surface area contributed by atoms with Gasteiger partial charge in [0.1, 0.15) is 6.61 Å². The predicted molar refractivity (Wildman–Crippen MR) is 114 cm³/mol. The van der Waals surface area contributed by atoms with Gasteiger partial charge in [-0.2, -0.15) is 0 Å². The van der Waals surface area contributed by atoms with Gasteiger partial charge in [0.25, 0.3) is 5.56 Å².